The Hall–Kier alpha value is -0.930. The number of rotatable bonds is 4. The van der Waals surface area contributed by atoms with E-state index in [-0.39, 0.29) is 6.04 Å². The summed E-state index contributed by atoms with van der Waals surface area (Å²) >= 11 is 5.76. The maximum absolute atomic E-state index is 5.76. The molecule has 15 heavy (non-hydrogen) atoms. The second-order valence-corrected chi connectivity index (χ2v) is 3.75. The van der Waals surface area contributed by atoms with Gasteiger partial charge in [0.1, 0.15) is 17.6 Å². The van der Waals surface area contributed by atoms with Gasteiger partial charge in [0.2, 0.25) is 0 Å². The lowest BCUT2D eigenvalue weighted by Gasteiger charge is -2.16. The molecule has 1 aliphatic heterocycles. The molecule has 2 rings (SSSR count). The first-order chi connectivity index (χ1) is 7.31. The largest absolute Gasteiger partial charge is 0.496 e. The quantitative estimate of drug-likeness (QED) is 0.859. The summed E-state index contributed by atoms with van der Waals surface area (Å²) < 4.78 is 10.9. The average Bonchev–Trinajstić information content (AvgIpc) is 2.85. The molecule has 82 valence electrons. The lowest BCUT2D eigenvalue weighted by atomic mass is 10.2. The van der Waals surface area contributed by atoms with E-state index in [0.29, 0.717) is 5.22 Å². The minimum atomic E-state index is -0.00926. The molecule has 1 atom stereocenters. The predicted octanol–water partition coefficient (Wildman–Crippen LogP) is 2.89. The molecule has 1 N–H and O–H groups in total. The third-order valence-corrected chi connectivity index (χ3v) is 2.51. The SMILES string of the molecule is CCNC(C1=CCCO1)c1ccc(Cl)o1. The van der Waals surface area contributed by atoms with Gasteiger partial charge in [-0.3, -0.25) is 0 Å². The summed E-state index contributed by atoms with van der Waals surface area (Å²) in [5, 5.41) is 3.72. The summed E-state index contributed by atoms with van der Waals surface area (Å²) in [6.45, 7) is 3.66. The molecule has 1 aliphatic rings. The molecule has 0 aliphatic carbocycles. The van der Waals surface area contributed by atoms with Crippen molar-refractivity contribution >= 4 is 11.6 Å². The molecule has 0 bridgehead atoms. The number of nitrogens with one attached hydrogen (secondary N) is 1. The van der Waals surface area contributed by atoms with E-state index in [9.17, 15) is 0 Å². The van der Waals surface area contributed by atoms with E-state index in [2.05, 4.69) is 11.4 Å². The molecule has 0 saturated heterocycles. The summed E-state index contributed by atoms with van der Waals surface area (Å²) in [5.41, 5.74) is 0. The van der Waals surface area contributed by atoms with E-state index < -0.39 is 0 Å². The van der Waals surface area contributed by atoms with Crippen molar-refractivity contribution in [1.82, 2.24) is 5.32 Å². The number of furan rings is 1. The lowest BCUT2D eigenvalue weighted by Crippen LogP contribution is -2.22. The first kappa shape index (κ1) is 10.6. The number of halogens is 1. The molecule has 0 amide bonds. The topological polar surface area (TPSA) is 34.4 Å². The molecule has 1 aromatic rings. The van der Waals surface area contributed by atoms with Gasteiger partial charge in [0.05, 0.1) is 6.61 Å². The number of ether oxygens (including phenoxy) is 1. The number of hydrogen-bond acceptors (Lipinski definition) is 3. The molecule has 4 heteroatoms. The van der Waals surface area contributed by atoms with Crippen LogP contribution in [0.25, 0.3) is 0 Å². The Morgan fingerprint density at radius 2 is 2.40 bits per heavy atom. The van der Waals surface area contributed by atoms with Crippen LogP contribution in [0.2, 0.25) is 5.22 Å². The van der Waals surface area contributed by atoms with Crippen molar-refractivity contribution in [2.45, 2.75) is 19.4 Å². The summed E-state index contributed by atoms with van der Waals surface area (Å²) in [7, 11) is 0. The average molecular weight is 228 g/mol. The van der Waals surface area contributed by atoms with Crippen LogP contribution in [0.5, 0.6) is 0 Å². The number of likely N-dealkylation sites (N-methyl/N-ethyl adjacent to an activating group) is 1. The van der Waals surface area contributed by atoms with Gasteiger partial charge in [-0.2, -0.15) is 0 Å². The van der Waals surface area contributed by atoms with Crippen molar-refractivity contribution in [3.05, 3.63) is 34.9 Å². The van der Waals surface area contributed by atoms with Gasteiger partial charge in [0.25, 0.3) is 0 Å². The van der Waals surface area contributed by atoms with E-state index in [1.54, 1.807) is 6.07 Å². The van der Waals surface area contributed by atoms with E-state index in [1.807, 2.05) is 13.0 Å². The van der Waals surface area contributed by atoms with Crippen LogP contribution in [0.1, 0.15) is 25.1 Å². The van der Waals surface area contributed by atoms with Crippen LogP contribution >= 0.6 is 11.6 Å². The third-order valence-electron chi connectivity index (χ3n) is 2.30. The fourth-order valence-corrected chi connectivity index (χ4v) is 1.82. The van der Waals surface area contributed by atoms with Crippen molar-refractivity contribution in [3.8, 4) is 0 Å². The first-order valence-corrected chi connectivity index (χ1v) is 5.50. The van der Waals surface area contributed by atoms with Crippen molar-refractivity contribution in [2.24, 2.45) is 0 Å². The minimum Gasteiger partial charge on any atom is -0.496 e. The van der Waals surface area contributed by atoms with Crippen LogP contribution in [-0.2, 0) is 4.74 Å². The van der Waals surface area contributed by atoms with E-state index in [4.69, 9.17) is 20.8 Å². The summed E-state index contributed by atoms with van der Waals surface area (Å²) in [4.78, 5) is 0. The van der Waals surface area contributed by atoms with Crippen LogP contribution in [0.4, 0.5) is 0 Å². The van der Waals surface area contributed by atoms with Crippen molar-refractivity contribution in [2.75, 3.05) is 13.2 Å². The van der Waals surface area contributed by atoms with Crippen molar-refractivity contribution in [3.63, 3.8) is 0 Å². The van der Waals surface area contributed by atoms with E-state index >= 15 is 0 Å². The van der Waals surface area contributed by atoms with Crippen molar-refractivity contribution in [1.29, 1.82) is 0 Å². The summed E-state index contributed by atoms with van der Waals surface area (Å²) in [5.74, 6) is 1.73. The molecule has 1 unspecified atom stereocenters. The second-order valence-electron chi connectivity index (χ2n) is 3.38. The second kappa shape index (κ2) is 4.73. The van der Waals surface area contributed by atoms with Crippen molar-refractivity contribution < 1.29 is 9.15 Å². The maximum atomic E-state index is 5.76. The van der Waals surface area contributed by atoms with Crippen LogP contribution < -0.4 is 5.32 Å². The zero-order valence-corrected chi connectivity index (χ0v) is 9.38. The molecule has 1 aromatic heterocycles. The Morgan fingerprint density at radius 1 is 1.53 bits per heavy atom. The fourth-order valence-electron chi connectivity index (χ4n) is 1.67. The molecular formula is C11H14ClNO2. The Kier molecular flexibility index (Phi) is 3.34. The number of hydrogen-bond donors (Lipinski definition) is 1. The summed E-state index contributed by atoms with van der Waals surface area (Å²) in [6.07, 6.45) is 3.05. The highest BCUT2D eigenvalue weighted by Gasteiger charge is 2.22. The molecule has 0 spiro atoms. The molecule has 3 nitrogen and oxygen atoms in total. The maximum Gasteiger partial charge on any atom is 0.193 e. The highest BCUT2D eigenvalue weighted by molar-refractivity contribution is 6.28. The zero-order valence-electron chi connectivity index (χ0n) is 8.63. The predicted molar refractivity (Wildman–Crippen MR) is 58.8 cm³/mol. The van der Waals surface area contributed by atoms with Gasteiger partial charge in [-0.15, -0.1) is 0 Å². The lowest BCUT2D eigenvalue weighted by molar-refractivity contribution is 0.208. The van der Waals surface area contributed by atoms with Crippen LogP contribution in [0, 0.1) is 0 Å². The van der Waals surface area contributed by atoms with Gasteiger partial charge in [0, 0.05) is 6.42 Å². The van der Waals surface area contributed by atoms with Gasteiger partial charge in [-0.25, -0.2) is 0 Å². The monoisotopic (exact) mass is 227 g/mol. The van der Waals surface area contributed by atoms with E-state index in [0.717, 1.165) is 31.1 Å². The van der Waals surface area contributed by atoms with Gasteiger partial charge in [-0.05, 0) is 36.4 Å². The third kappa shape index (κ3) is 2.36. The van der Waals surface area contributed by atoms with Crippen LogP contribution in [0.15, 0.2) is 28.4 Å². The fraction of sp³-hybridized carbons (Fsp3) is 0.455. The Bertz CT molecular complexity index is 359. The van der Waals surface area contributed by atoms with Gasteiger partial charge in [0.15, 0.2) is 5.22 Å². The zero-order chi connectivity index (χ0) is 10.7. The molecule has 0 radical (unpaired) electrons. The first-order valence-electron chi connectivity index (χ1n) is 5.12. The standard InChI is InChI=1S/C11H14ClNO2/c1-2-13-11(8-4-3-7-14-8)9-5-6-10(12)15-9/h4-6,11,13H,2-3,7H2,1H3. The summed E-state index contributed by atoms with van der Waals surface area (Å²) in [6, 6.07) is 3.61. The molecular weight excluding hydrogens is 214 g/mol. The van der Waals surface area contributed by atoms with Gasteiger partial charge in [-0.1, -0.05) is 6.92 Å². The molecule has 2 heterocycles. The normalized spacial score (nSPS) is 17.3. The molecule has 0 saturated carbocycles. The van der Waals surface area contributed by atoms with E-state index in [1.165, 1.54) is 0 Å². The van der Waals surface area contributed by atoms with Gasteiger partial charge < -0.3 is 14.5 Å². The minimum absolute atomic E-state index is 0.00926. The Balaban J connectivity index is 2.18. The molecule has 0 fully saturated rings. The highest BCUT2D eigenvalue weighted by Crippen LogP contribution is 2.28. The van der Waals surface area contributed by atoms with Crippen LogP contribution in [0.3, 0.4) is 0 Å². The Labute approximate surface area is 94.1 Å². The van der Waals surface area contributed by atoms with Gasteiger partial charge >= 0.3 is 0 Å². The Morgan fingerprint density at radius 3 is 2.93 bits per heavy atom. The highest BCUT2D eigenvalue weighted by atomic mass is 35.5. The van der Waals surface area contributed by atoms with Crippen LogP contribution in [-0.4, -0.2) is 13.2 Å². The molecule has 0 aromatic carbocycles. The smallest absolute Gasteiger partial charge is 0.193 e.